The van der Waals surface area contributed by atoms with E-state index in [4.69, 9.17) is 47.4 Å². The Bertz CT molecular complexity index is 1320. The molecule has 0 aliphatic carbocycles. The van der Waals surface area contributed by atoms with Crippen molar-refractivity contribution in [2.75, 3.05) is 13.2 Å². The topological polar surface area (TPSA) is 232 Å². The summed E-state index contributed by atoms with van der Waals surface area (Å²) >= 11 is 0. The summed E-state index contributed by atoms with van der Waals surface area (Å²) in [4.78, 5) is 90.8. The van der Waals surface area contributed by atoms with Crippen LogP contribution in [-0.2, 0) is 80.9 Å². The molecule has 0 aromatic rings. The maximum absolute atomic E-state index is 13.3. The second kappa shape index (κ2) is 27.0. The van der Waals surface area contributed by atoms with E-state index in [1.54, 1.807) is 48.5 Å². The van der Waals surface area contributed by atoms with Gasteiger partial charge in [0.05, 0.1) is 0 Å². The number of carbonyl (C=O) groups excluding carboxylic acids is 7. The zero-order valence-corrected chi connectivity index (χ0v) is 35.0. The first-order valence-corrected chi connectivity index (χ1v) is 20.7. The van der Waals surface area contributed by atoms with Gasteiger partial charge in [0.2, 0.25) is 0 Å². The fourth-order valence-corrected chi connectivity index (χ4v) is 6.11. The van der Waals surface area contributed by atoms with Crippen LogP contribution in [-0.4, -0.2) is 122 Å². The van der Waals surface area contributed by atoms with Crippen LogP contribution < -0.4 is 0 Å². The number of rotatable bonds is 25. The average Bonchev–Trinajstić information content (AvgIpc) is 3.15. The van der Waals surface area contributed by atoms with Gasteiger partial charge in [-0.15, -0.1) is 0 Å². The van der Waals surface area contributed by atoms with Gasteiger partial charge in [0.25, 0.3) is 0 Å². The highest BCUT2D eigenvalue weighted by Crippen LogP contribution is 2.35. The lowest BCUT2D eigenvalue weighted by Gasteiger charge is -2.48. The number of carbonyl (C=O) groups is 7. The summed E-state index contributed by atoms with van der Waals surface area (Å²) in [7, 11) is 0. The Hall–Kier alpha value is -3.87. The van der Waals surface area contributed by atoms with Crippen molar-refractivity contribution in [3.05, 3.63) is 0 Å². The van der Waals surface area contributed by atoms with Gasteiger partial charge in [-0.2, -0.15) is 0 Å². The monoisotopic (exact) mass is 832 g/mol. The van der Waals surface area contributed by atoms with E-state index < -0.39 is 116 Å². The summed E-state index contributed by atoms with van der Waals surface area (Å²) in [6.07, 6.45) is -13.8. The zero-order valence-electron chi connectivity index (χ0n) is 35.0. The van der Waals surface area contributed by atoms with Gasteiger partial charge in [0, 0.05) is 44.9 Å². The van der Waals surface area contributed by atoms with Gasteiger partial charge in [0.1, 0.15) is 31.5 Å². The minimum absolute atomic E-state index is 0.0372. The summed E-state index contributed by atoms with van der Waals surface area (Å²) in [5.41, 5.74) is 0. The Kier molecular flexibility index (Phi) is 23.4. The van der Waals surface area contributed by atoms with Crippen molar-refractivity contribution in [1.82, 2.24) is 0 Å². The molecule has 2 fully saturated rings. The largest absolute Gasteiger partial charge is 0.463 e. The van der Waals surface area contributed by atoms with E-state index in [0.717, 1.165) is 0 Å². The van der Waals surface area contributed by atoms with Gasteiger partial charge < -0.3 is 52.5 Å². The highest BCUT2D eigenvalue weighted by atomic mass is 16.8. The van der Waals surface area contributed by atoms with E-state index >= 15 is 0 Å². The maximum Gasteiger partial charge on any atom is 0.306 e. The molecule has 58 heavy (non-hydrogen) atoms. The van der Waals surface area contributed by atoms with Crippen molar-refractivity contribution in [2.24, 2.45) is 0 Å². The minimum Gasteiger partial charge on any atom is -0.463 e. The molecule has 0 aromatic heterocycles. The smallest absolute Gasteiger partial charge is 0.306 e. The number of hydrogen-bond donors (Lipinski definition) is 1. The average molecular weight is 833 g/mol. The lowest BCUT2D eigenvalue weighted by Crippen LogP contribution is -2.67. The summed E-state index contributed by atoms with van der Waals surface area (Å²) in [5, 5.41) is 11.2. The molecule has 2 aliphatic heterocycles. The van der Waals surface area contributed by atoms with Crippen molar-refractivity contribution in [3.63, 3.8) is 0 Å². The lowest BCUT2D eigenvalue weighted by molar-refractivity contribution is -0.357. The lowest BCUT2D eigenvalue weighted by atomic mass is 9.95. The third-order valence-corrected chi connectivity index (χ3v) is 8.83. The molecule has 332 valence electrons. The molecule has 18 nitrogen and oxygen atoms in total. The first-order valence-electron chi connectivity index (χ1n) is 20.7. The van der Waals surface area contributed by atoms with E-state index in [2.05, 4.69) is 0 Å². The summed E-state index contributed by atoms with van der Waals surface area (Å²) in [6, 6.07) is 0. The number of esters is 7. The predicted octanol–water partition coefficient (Wildman–Crippen LogP) is 4.06. The highest BCUT2D eigenvalue weighted by molar-refractivity contribution is 5.73. The van der Waals surface area contributed by atoms with Gasteiger partial charge >= 0.3 is 41.8 Å². The summed E-state index contributed by atoms with van der Waals surface area (Å²) in [5.74, 6) is -4.98. The molecule has 0 amide bonds. The molecule has 2 rings (SSSR count). The molecule has 2 aliphatic rings. The third kappa shape index (κ3) is 16.4. The van der Waals surface area contributed by atoms with Crippen LogP contribution in [0.4, 0.5) is 0 Å². The fourth-order valence-electron chi connectivity index (χ4n) is 6.11. The molecule has 0 saturated carbocycles. The normalized spacial score (nSPS) is 26.8. The Balaban J connectivity index is 2.85. The van der Waals surface area contributed by atoms with Crippen molar-refractivity contribution in [3.8, 4) is 0 Å². The molecule has 10 atom stereocenters. The van der Waals surface area contributed by atoms with Crippen LogP contribution >= 0.6 is 0 Å². The second-order valence-corrected chi connectivity index (χ2v) is 14.1. The van der Waals surface area contributed by atoms with Crippen molar-refractivity contribution >= 4 is 41.8 Å². The maximum atomic E-state index is 13.3. The van der Waals surface area contributed by atoms with Gasteiger partial charge in [-0.25, -0.2) is 0 Å². The standard InChI is InChI=1S/C40H64O18/c1-8-15-26(41)49-22-24-34(35(54-29(44)18-11-4)37(39(48)51-24)56-31(46)20-13-6)58-40-38(57-32(47)21-14-7)36(55-30(45)19-12-5)33(53-28(43)17-10-3)25(52-40)23-50-27(42)16-9-2/h24-25,33-40,48H,8-23H2,1-7H3/t24-,25-,33+,34-,35+,36+,37-,38-,39-,40+/m1/s1. The number of aliphatic hydroxyl groups is 1. The van der Waals surface area contributed by atoms with Crippen LogP contribution in [0.5, 0.6) is 0 Å². The van der Waals surface area contributed by atoms with Gasteiger partial charge in [-0.1, -0.05) is 48.5 Å². The van der Waals surface area contributed by atoms with E-state index in [0.29, 0.717) is 44.9 Å². The van der Waals surface area contributed by atoms with E-state index in [9.17, 15) is 38.7 Å². The van der Waals surface area contributed by atoms with Crippen molar-refractivity contribution in [1.29, 1.82) is 0 Å². The molecule has 0 bridgehead atoms. The molecule has 1 N–H and O–H groups in total. The highest BCUT2D eigenvalue weighted by Gasteiger charge is 2.57. The van der Waals surface area contributed by atoms with E-state index in [1.165, 1.54) is 0 Å². The van der Waals surface area contributed by atoms with Crippen LogP contribution in [0.2, 0.25) is 0 Å². The molecule has 0 unspecified atom stereocenters. The molecule has 0 radical (unpaired) electrons. The van der Waals surface area contributed by atoms with Gasteiger partial charge in [-0.05, 0) is 44.9 Å². The van der Waals surface area contributed by atoms with Gasteiger partial charge in [0.15, 0.2) is 43.1 Å². The summed E-state index contributed by atoms with van der Waals surface area (Å²) < 4.78 is 58.7. The molecule has 18 heteroatoms. The second-order valence-electron chi connectivity index (χ2n) is 14.1. The fraction of sp³-hybridized carbons (Fsp3) is 0.825. The molecular formula is C40H64O18. The molecular weight excluding hydrogens is 768 g/mol. The zero-order chi connectivity index (χ0) is 43.2. The summed E-state index contributed by atoms with van der Waals surface area (Å²) in [6.45, 7) is 11.1. The van der Waals surface area contributed by atoms with Gasteiger partial charge in [-0.3, -0.25) is 33.6 Å². The number of aliphatic hydroxyl groups excluding tert-OH is 1. The molecule has 0 spiro atoms. The Morgan fingerprint density at radius 3 is 1.10 bits per heavy atom. The quantitative estimate of drug-likeness (QED) is 0.101. The van der Waals surface area contributed by atoms with Crippen LogP contribution in [0, 0.1) is 0 Å². The van der Waals surface area contributed by atoms with Crippen LogP contribution in [0.25, 0.3) is 0 Å². The minimum atomic E-state index is -1.91. The predicted molar refractivity (Wildman–Crippen MR) is 200 cm³/mol. The van der Waals surface area contributed by atoms with E-state index in [1.807, 2.05) is 0 Å². The Morgan fingerprint density at radius 1 is 0.397 bits per heavy atom. The van der Waals surface area contributed by atoms with E-state index in [-0.39, 0.29) is 44.9 Å². The van der Waals surface area contributed by atoms with Crippen molar-refractivity contribution in [2.45, 2.75) is 200 Å². The first kappa shape index (κ1) is 50.3. The van der Waals surface area contributed by atoms with Crippen LogP contribution in [0.15, 0.2) is 0 Å². The molecule has 0 aromatic carbocycles. The Morgan fingerprint density at radius 2 is 0.707 bits per heavy atom. The van der Waals surface area contributed by atoms with Crippen LogP contribution in [0.1, 0.15) is 138 Å². The molecule has 2 saturated heterocycles. The first-order chi connectivity index (χ1) is 27.8. The number of hydrogen-bond acceptors (Lipinski definition) is 18. The third-order valence-electron chi connectivity index (χ3n) is 8.83. The molecule has 2 heterocycles. The van der Waals surface area contributed by atoms with Crippen LogP contribution in [0.3, 0.4) is 0 Å². The van der Waals surface area contributed by atoms with Crippen molar-refractivity contribution < 1.29 is 86.0 Å². The Labute approximate surface area is 340 Å². The number of ether oxygens (including phenoxy) is 10. The SMILES string of the molecule is CCCC(=O)OC[C@H]1O[C@@H](O[C@H]2[C@H](OC(=O)CCC)[C@@H](OC(=O)CCC)[C@H](O)O[C@@H]2COC(=O)CCC)[C@H](OC(=O)CCC)[C@@H](OC(=O)CCC)[C@H]1OC(=O)CCC.